The largest absolute Gasteiger partial charge is 0.372 e. The number of rotatable bonds is 1. The number of morpholine rings is 1. The van der Waals surface area contributed by atoms with Gasteiger partial charge >= 0.3 is 0 Å². The second kappa shape index (κ2) is 3.99. The highest BCUT2D eigenvalue weighted by molar-refractivity contribution is 5.11. The van der Waals surface area contributed by atoms with Crippen molar-refractivity contribution >= 4 is 0 Å². The van der Waals surface area contributed by atoms with Crippen LogP contribution in [0.1, 0.15) is 45.0 Å². The molecule has 1 aromatic rings. The number of tetrazole rings is 1. The van der Waals surface area contributed by atoms with E-state index in [0.717, 1.165) is 31.8 Å². The van der Waals surface area contributed by atoms with Crippen molar-refractivity contribution in [1.82, 2.24) is 25.5 Å². The van der Waals surface area contributed by atoms with E-state index in [-0.39, 0.29) is 11.6 Å². The first-order valence-electron chi connectivity index (χ1n) is 6.62. The summed E-state index contributed by atoms with van der Waals surface area (Å²) in [7, 11) is 1.89. The van der Waals surface area contributed by atoms with Gasteiger partial charge in [-0.25, -0.2) is 4.68 Å². The van der Waals surface area contributed by atoms with Gasteiger partial charge in [0, 0.05) is 13.6 Å². The fraction of sp³-hybridized carbons (Fsp3) is 0.917. The highest BCUT2D eigenvalue weighted by Crippen LogP contribution is 2.51. The van der Waals surface area contributed by atoms with Crippen molar-refractivity contribution < 1.29 is 4.74 Å². The summed E-state index contributed by atoms with van der Waals surface area (Å²) >= 11 is 0. The van der Waals surface area contributed by atoms with Crippen LogP contribution in [0.3, 0.4) is 0 Å². The Morgan fingerprint density at radius 2 is 2.22 bits per heavy atom. The van der Waals surface area contributed by atoms with Crippen molar-refractivity contribution in [2.45, 2.75) is 44.8 Å². The molecule has 0 amide bonds. The van der Waals surface area contributed by atoms with E-state index in [0.29, 0.717) is 5.41 Å². The molecule has 2 unspecified atom stereocenters. The Morgan fingerprint density at radius 1 is 1.39 bits per heavy atom. The summed E-state index contributed by atoms with van der Waals surface area (Å²) in [5, 5.41) is 15.4. The predicted molar refractivity (Wildman–Crippen MR) is 65.9 cm³/mol. The number of aromatic nitrogens is 4. The van der Waals surface area contributed by atoms with Crippen LogP contribution in [0, 0.1) is 5.41 Å². The van der Waals surface area contributed by atoms with Gasteiger partial charge in [0.25, 0.3) is 0 Å². The first-order valence-corrected chi connectivity index (χ1v) is 6.62. The molecule has 1 saturated carbocycles. The van der Waals surface area contributed by atoms with Crippen molar-refractivity contribution in [3.8, 4) is 0 Å². The van der Waals surface area contributed by atoms with E-state index >= 15 is 0 Å². The lowest BCUT2D eigenvalue weighted by Crippen LogP contribution is -2.52. The van der Waals surface area contributed by atoms with Gasteiger partial charge in [-0.05, 0) is 35.1 Å². The van der Waals surface area contributed by atoms with Crippen molar-refractivity contribution in [2.24, 2.45) is 12.5 Å². The third-order valence-corrected chi connectivity index (χ3v) is 4.28. The molecule has 1 saturated heterocycles. The molecule has 0 aromatic carbocycles. The van der Waals surface area contributed by atoms with Gasteiger partial charge in [-0.3, -0.25) is 0 Å². The first kappa shape index (κ1) is 12.0. The summed E-state index contributed by atoms with van der Waals surface area (Å²) in [6.45, 7) is 6.26. The van der Waals surface area contributed by atoms with Gasteiger partial charge < -0.3 is 10.1 Å². The third kappa shape index (κ3) is 1.83. The maximum absolute atomic E-state index is 6.18. The molecule has 1 aliphatic carbocycles. The van der Waals surface area contributed by atoms with E-state index < -0.39 is 0 Å². The molecule has 100 valence electrons. The van der Waals surface area contributed by atoms with Crippen LogP contribution in [-0.2, 0) is 11.8 Å². The molecule has 2 aliphatic rings. The predicted octanol–water partition coefficient (Wildman–Crippen LogP) is 0.820. The molecule has 1 spiro atoms. The maximum atomic E-state index is 6.18. The Hall–Kier alpha value is -1.01. The highest BCUT2D eigenvalue weighted by Gasteiger charge is 2.52. The Balaban J connectivity index is 1.94. The Bertz CT molecular complexity index is 443. The van der Waals surface area contributed by atoms with Crippen LogP contribution in [0.2, 0.25) is 0 Å². The minimum atomic E-state index is -0.135. The SMILES string of the molecule is Cn1nnnc1C1NCCOC12CCC(C)(C)C2. The molecule has 6 nitrogen and oxygen atoms in total. The summed E-state index contributed by atoms with van der Waals surface area (Å²) in [5.41, 5.74) is 0.202. The lowest BCUT2D eigenvalue weighted by molar-refractivity contribution is -0.101. The van der Waals surface area contributed by atoms with Gasteiger partial charge in [-0.2, -0.15) is 0 Å². The number of nitrogens with zero attached hydrogens (tertiary/aromatic N) is 4. The molecule has 0 bridgehead atoms. The highest BCUT2D eigenvalue weighted by atomic mass is 16.5. The smallest absolute Gasteiger partial charge is 0.170 e. The Labute approximate surface area is 107 Å². The number of nitrogens with one attached hydrogen (secondary N) is 1. The van der Waals surface area contributed by atoms with Crippen molar-refractivity contribution in [3.05, 3.63) is 5.82 Å². The minimum Gasteiger partial charge on any atom is -0.372 e. The van der Waals surface area contributed by atoms with Gasteiger partial charge in [-0.15, -0.1) is 5.10 Å². The molecule has 2 heterocycles. The van der Waals surface area contributed by atoms with E-state index in [1.807, 2.05) is 7.05 Å². The topological polar surface area (TPSA) is 64.9 Å². The maximum Gasteiger partial charge on any atom is 0.170 e. The van der Waals surface area contributed by atoms with Crippen molar-refractivity contribution in [3.63, 3.8) is 0 Å². The average Bonchev–Trinajstić information content (AvgIpc) is 2.85. The second-order valence-corrected chi connectivity index (χ2v) is 6.30. The van der Waals surface area contributed by atoms with E-state index in [1.165, 1.54) is 6.42 Å². The zero-order valence-corrected chi connectivity index (χ0v) is 11.3. The zero-order chi connectivity index (χ0) is 12.8. The first-order chi connectivity index (χ1) is 8.53. The third-order valence-electron chi connectivity index (χ3n) is 4.28. The van der Waals surface area contributed by atoms with Crippen LogP contribution in [0.4, 0.5) is 0 Å². The van der Waals surface area contributed by atoms with Crippen LogP contribution in [0.5, 0.6) is 0 Å². The fourth-order valence-electron chi connectivity index (χ4n) is 3.44. The van der Waals surface area contributed by atoms with Crippen LogP contribution in [-0.4, -0.2) is 39.0 Å². The van der Waals surface area contributed by atoms with E-state index in [1.54, 1.807) is 4.68 Å². The van der Waals surface area contributed by atoms with Crippen LogP contribution in [0.25, 0.3) is 0 Å². The quantitative estimate of drug-likeness (QED) is 0.800. The summed E-state index contributed by atoms with van der Waals surface area (Å²) < 4.78 is 7.93. The molecule has 1 aliphatic heterocycles. The molecule has 18 heavy (non-hydrogen) atoms. The average molecular weight is 251 g/mol. The lowest BCUT2D eigenvalue weighted by Gasteiger charge is -2.42. The summed E-state index contributed by atoms with van der Waals surface area (Å²) in [6, 6.07) is 0.105. The van der Waals surface area contributed by atoms with E-state index in [9.17, 15) is 0 Å². The lowest BCUT2D eigenvalue weighted by atomic mass is 9.84. The fourth-order valence-corrected chi connectivity index (χ4v) is 3.44. The normalized spacial score (nSPS) is 35.2. The molecule has 6 heteroatoms. The summed E-state index contributed by atoms with van der Waals surface area (Å²) in [6.07, 6.45) is 3.32. The number of ether oxygens (including phenoxy) is 1. The Morgan fingerprint density at radius 3 is 2.83 bits per heavy atom. The van der Waals surface area contributed by atoms with Gasteiger partial charge in [0.1, 0.15) is 0 Å². The molecule has 3 rings (SSSR count). The van der Waals surface area contributed by atoms with Gasteiger partial charge in [0.15, 0.2) is 5.82 Å². The molecule has 2 atom stereocenters. The van der Waals surface area contributed by atoms with Gasteiger partial charge in [0.05, 0.1) is 18.2 Å². The molecular formula is C12H21N5O. The molecule has 1 N–H and O–H groups in total. The molecular weight excluding hydrogens is 230 g/mol. The van der Waals surface area contributed by atoms with E-state index in [2.05, 4.69) is 34.7 Å². The summed E-state index contributed by atoms with van der Waals surface area (Å²) in [4.78, 5) is 0. The van der Waals surface area contributed by atoms with E-state index in [4.69, 9.17) is 4.74 Å². The van der Waals surface area contributed by atoms with Crippen molar-refractivity contribution in [1.29, 1.82) is 0 Å². The number of aryl methyl sites for hydroxylation is 1. The summed E-state index contributed by atoms with van der Waals surface area (Å²) in [5.74, 6) is 0.882. The number of hydrogen-bond donors (Lipinski definition) is 1. The van der Waals surface area contributed by atoms with Gasteiger partial charge in [0.2, 0.25) is 0 Å². The van der Waals surface area contributed by atoms with Crippen LogP contribution >= 0.6 is 0 Å². The molecule has 0 radical (unpaired) electrons. The molecule has 2 fully saturated rings. The van der Waals surface area contributed by atoms with Crippen molar-refractivity contribution in [2.75, 3.05) is 13.2 Å². The minimum absolute atomic E-state index is 0.105. The second-order valence-electron chi connectivity index (χ2n) is 6.30. The monoisotopic (exact) mass is 251 g/mol. The Kier molecular flexibility index (Phi) is 2.67. The zero-order valence-electron chi connectivity index (χ0n) is 11.3. The number of hydrogen-bond acceptors (Lipinski definition) is 5. The van der Waals surface area contributed by atoms with Crippen LogP contribution in [0.15, 0.2) is 0 Å². The van der Waals surface area contributed by atoms with Crippen LogP contribution < -0.4 is 5.32 Å². The molecule has 1 aromatic heterocycles. The standard InChI is InChI=1S/C12H21N5O/c1-11(2)4-5-12(8-11)9(13-6-7-18-12)10-14-15-16-17(10)3/h9,13H,4-8H2,1-3H3. The van der Waals surface area contributed by atoms with Gasteiger partial charge in [-0.1, -0.05) is 13.8 Å².